The van der Waals surface area contributed by atoms with E-state index >= 15 is 0 Å². The molecule has 184 valence electrons. The molecular formula is C26H31N5O3S. The smallest absolute Gasteiger partial charge is 0.392 e. The molecule has 0 spiro atoms. The molecule has 8 nitrogen and oxygen atoms in total. The molecule has 1 aliphatic carbocycles. The highest BCUT2D eigenvalue weighted by molar-refractivity contribution is 7.15. The lowest BCUT2D eigenvalue weighted by Gasteiger charge is -2.35. The van der Waals surface area contributed by atoms with Crippen LogP contribution < -0.4 is 10.1 Å². The van der Waals surface area contributed by atoms with E-state index in [1.54, 1.807) is 24.5 Å². The molecule has 1 saturated carbocycles. The number of likely N-dealkylation sites (tertiary alicyclic amines) is 1. The standard InChI is InChI=1S/C26H31N5O3S/c1-16-7-6-8-19(13-16)23-22(28-24(35-23)18-10-11-18)25(32)31-12-5-4-9-20(31)15-27-26(33)34-21-14-17(2)29-30(21)3/h6-8,13-14,18,20H,4-5,9-12,15H2,1-3H3,(H,27,33)/t20-/m0/s1. The molecule has 2 amide bonds. The van der Waals surface area contributed by atoms with Crippen molar-refractivity contribution in [2.45, 2.75) is 57.9 Å². The zero-order chi connectivity index (χ0) is 24.5. The normalized spacial score (nSPS) is 17.9. The molecule has 3 heterocycles. The number of thiazole rings is 1. The fraction of sp³-hybridized carbons (Fsp3) is 0.462. The first kappa shape index (κ1) is 23.5. The van der Waals surface area contributed by atoms with Gasteiger partial charge in [-0.15, -0.1) is 11.3 Å². The highest BCUT2D eigenvalue weighted by Crippen LogP contribution is 2.45. The molecule has 1 saturated heterocycles. The van der Waals surface area contributed by atoms with E-state index in [0.29, 0.717) is 30.6 Å². The third-order valence-corrected chi connectivity index (χ3v) is 7.85. The van der Waals surface area contributed by atoms with Gasteiger partial charge in [0.15, 0.2) is 0 Å². The fourth-order valence-corrected chi connectivity index (χ4v) is 5.82. The van der Waals surface area contributed by atoms with Gasteiger partial charge < -0.3 is 15.0 Å². The van der Waals surface area contributed by atoms with E-state index < -0.39 is 6.09 Å². The number of aromatic nitrogens is 3. The van der Waals surface area contributed by atoms with Crippen molar-refractivity contribution in [3.8, 4) is 16.3 Å². The number of nitrogens with zero attached hydrogens (tertiary/aromatic N) is 4. The number of hydrogen-bond donors (Lipinski definition) is 1. The van der Waals surface area contributed by atoms with Gasteiger partial charge in [-0.05, 0) is 51.5 Å². The summed E-state index contributed by atoms with van der Waals surface area (Å²) < 4.78 is 6.92. The van der Waals surface area contributed by atoms with Crippen molar-refractivity contribution in [1.29, 1.82) is 0 Å². The summed E-state index contributed by atoms with van der Waals surface area (Å²) in [5.74, 6) is 0.815. The third-order valence-electron chi connectivity index (χ3n) is 6.58. The summed E-state index contributed by atoms with van der Waals surface area (Å²) in [7, 11) is 1.73. The first-order chi connectivity index (χ1) is 16.9. The first-order valence-corrected chi connectivity index (χ1v) is 13.1. The minimum atomic E-state index is -0.545. The van der Waals surface area contributed by atoms with Crippen LogP contribution in [-0.4, -0.2) is 50.8 Å². The number of carbonyl (C=O) groups excluding carboxylic acids is 2. The molecule has 1 atom stereocenters. The molecule has 2 aromatic heterocycles. The maximum atomic E-state index is 13.8. The maximum absolute atomic E-state index is 13.8. The van der Waals surface area contributed by atoms with Gasteiger partial charge >= 0.3 is 6.09 Å². The number of rotatable bonds is 6. The van der Waals surface area contributed by atoms with Crippen LogP contribution in [0.3, 0.4) is 0 Å². The fourth-order valence-electron chi connectivity index (χ4n) is 4.60. The second-order valence-corrected chi connectivity index (χ2v) is 10.6. The van der Waals surface area contributed by atoms with Gasteiger partial charge in [0.05, 0.1) is 15.6 Å². The van der Waals surface area contributed by atoms with Crippen LogP contribution >= 0.6 is 11.3 Å². The van der Waals surface area contributed by atoms with Gasteiger partial charge in [-0.2, -0.15) is 5.10 Å². The topological polar surface area (TPSA) is 89.3 Å². The number of nitrogens with one attached hydrogen (secondary N) is 1. The van der Waals surface area contributed by atoms with Crippen molar-refractivity contribution in [2.75, 3.05) is 13.1 Å². The molecule has 1 N–H and O–H groups in total. The zero-order valence-electron chi connectivity index (χ0n) is 20.4. The SMILES string of the molecule is Cc1cccc(-c2sc(C3CC3)nc2C(=O)N2CCCC[C@H]2CNC(=O)Oc2cc(C)nn2C)c1. The van der Waals surface area contributed by atoms with Gasteiger partial charge in [0, 0.05) is 38.2 Å². The van der Waals surface area contributed by atoms with Gasteiger partial charge in [0.1, 0.15) is 5.69 Å². The van der Waals surface area contributed by atoms with Crippen molar-refractivity contribution in [3.05, 3.63) is 52.3 Å². The first-order valence-electron chi connectivity index (χ1n) is 12.2. The average Bonchev–Trinajstić information content (AvgIpc) is 3.51. The number of piperidine rings is 1. The van der Waals surface area contributed by atoms with Crippen molar-refractivity contribution in [2.24, 2.45) is 7.05 Å². The molecular weight excluding hydrogens is 462 g/mol. The monoisotopic (exact) mass is 493 g/mol. The summed E-state index contributed by atoms with van der Waals surface area (Å²) in [6, 6.07) is 9.87. The Balaban J connectivity index is 1.33. The Morgan fingerprint density at radius 1 is 1.17 bits per heavy atom. The molecule has 9 heteroatoms. The molecule has 1 aliphatic heterocycles. The van der Waals surface area contributed by atoms with Gasteiger partial charge in [0.25, 0.3) is 5.91 Å². The van der Waals surface area contributed by atoms with E-state index in [1.165, 1.54) is 4.68 Å². The molecule has 2 fully saturated rings. The molecule has 35 heavy (non-hydrogen) atoms. The Morgan fingerprint density at radius 2 is 2.00 bits per heavy atom. The Hall–Kier alpha value is -3.20. The summed E-state index contributed by atoms with van der Waals surface area (Å²) in [4.78, 5) is 34.0. The summed E-state index contributed by atoms with van der Waals surface area (Å²) in [6.07, 6.45) is 4.53. The number of hydrogen-bond acceptors (Lipinski definition) is 6. The lowest BCUT2D eigenvalue weighted by Crippen LogP contribution is -2.50. The number of amides is 2. The summed E-state index contributed by atoms with van der Waals surface area (Å²) in [5, 5.41) is 8.10. The van der Waals surface area contributed by atoms with E-state index in [2.05, 4.69) is 35.5 Å². The average molecular weight is 494 g/mol. The highest BCUT2D eigenvalue weighted by atomic mass is 32.1. The van der Waals surface area contributed by atoms with Crippen molar-refractivity contribution >= 4 is 23.3 Å². The Morgan fingerprint density at radius 3 is 2.71 bits per heavy atom. The second-order valence-electron chi connectivity index (χ2n) is 9.54. The van der Waals surface area contributed by atoms with Crippen molar-refractivity contribution < 1.29 is 14.3 Å². The quantitative estimate of drug-likeness (QED) is 0.532. The number of ether oxygens (including phenoxy) is 1. The Bertz CT molecular complexity index is 1250. The molecule has 1 aromatic carbocycles. The summed E-state index contributed by atoms with van der Waals surface area (Å²) in [6.45, 7) is 4.89. The third kappa shape index (κ3) is 5.24. The van der Waals surface area contributed by atoms with Crippen LogP contribution in [0.15, 0.2) is 30.3 Å². The van der Waals surface area contributed by atoms with Crippen LogP contribution in [0.4, 0.5) is 4.79 Å². The Kier molecular flexibility index (Phi) is 6.60. The minimum Gasteiger partial charge on any atom is -0.392 e. The van der Waals surface area contributed by atoms with Gasteiger partial charge in [-0.1, -0.05) is 29.8 Å². The predicted octanol–water partition coefficient (Wildman–Crippen LogP) is 4.82. The molecule has 0 bridgehead atoms. The van der Waals surface area contributed by atoms with E-state index in [-0.39, 0.29) is 11.9 Å². The van der Waals surface area contributed by atoms with E-state index in [0.717, 1.165) is 58.8 Å². The Labute approximate surface area is 209 Å². The zero-order valence-corrected chi connectivity index (χ0v) is 21.2. The number of carbonyl (C=O) groups is 2. The van der Waals surface area contributed by atoms with Crippen molar-refractivity contribution in [1.82, 2.24) is 25.0 Å². The van der Waals surface area contributed by atoms with E-state index in [9.17, 15) is 9.59 Å². The summed E-state index contributed by atoms with van der Waals surface area (Å²) in [5.41, 5.74) is 3.52. The number of benzene rings is 1. The van der Waals surface area contributed by atoms with Crippen LogP contribution in [0, 0.1) is 13.8 Å². The molecule has 2 aliphatic rings. The van der Waals surface area contributed by atoms with Gasteiger partial charge in [-0.3, -0.25) is 4.79 Å². The van der Waals surface area contributed by atoms with Crippen LogP contribution in [-0.2, 0) is 7.05 Å². The van der Waals surface area contributed by atoms with Crippen LogP contribution in [0.1, 0.15) is 64.8 Å². The predicted molar refractivity (Wildman–Crippen MR) is 135 cm³/mol. The van der Waals surface area contributed by atoms with Gasteiger partial charge in [-0.25, -0.2) is 14.5 Å². The van der Waals surface area contributed by atoms with Crippen LogP contribution in [0.2, 0.25) is 0 Å². The van der Waals surface area contributed by atoms with Crippen LogP contribution in [0.5, 0.6) is 5.88 Å². The van der Waals surface area contributed by atoms with E-state index in [1.807, 2.05) is 17.9 Å². The molecule has 0 unspecified atom stereocenters. The molecule has 3 aromatic rings. The lowest BCUT2D eigenvalue weighted by molar-refractivity contribution is 0.0606. The van der Waals surface area contributed by atoms with Crippen molar-refractivity contribution in [3.63, 3.8) is 0 Å². The molecule has 5 rings (SSSR count). The second kappa shape index (κ2) is 9.81. The van der Waals surface area contributed by atoms with Gasteiger partial charge in [0.2, 0.25) is 5.88 Å². The van der Waals surface area contributed by atoms with E-state index in [4.69, 9.17) is 9.72 Å². The number of aryl methyl sites for hydroxylation is 3. The van der Waals surface area contributed by atoms with Crippen LogP contribution in [0.25, 0.3) is 10.4 Å². The molecule has 0 radical (unpaired) electrons. The largest absolute Gasteiger partial charge is 0.414 e. The summed E-state index contributed by atoms with van der Waals surface area (Å²) >= 11 is 1.65. The highest BCUT2D eigenvalue weighted by Gasteiger charge is 2.34. The lowest BCUT2D eigenvalue weighted by atomic mass is 10.0. The minimum absolute atomic E-state index is 0.0493. The maximum Gasteiger partial charge on any atom is 0.414 e.